The molecule has 88 heavy (non-hydrogen) atoms. The van der Waals surface area contributed by atoms with Crippen LogP contribution in [0, 0.1) is 12.7 Å². The molecule has 3 N–H and O–H groups in total. The fourth-order valence-corrected chi connectivity index (χ4v) is 15.6. The van der Waals surface area contributed by atoms with Crippen molar-refractivity contribution in [2.24, 2.45) is 0 Å². The standard InChI is InChI=1S/C65H71FN12O9S/c1-37(2)68-59(80)47-34-52(50(66)29-39(47)5)70-58-57-53(67-36-76(57)38(3)4)35-51(69-58)41-11-16-49-55(30-41)77(44-31-43(32-44)72-21-7-6-8-22-72)64(85)65(49)19-23-74(24-20-65)61(82)40-9-13-45(14-10-40)88(86,87)75-27-25-73(26-28-75)42-12-15-46-48(33-42)63(84)78(62(46)83)54-17-18-56(79)71-60(54)81/h9-16,29-30,33-38,43-44,54H,6-8,17-28,31-32H2,1-5H3,(H,68,80)(H,69,70)(H,71,79,81). The lowest BCUT2D eigenvalue weighted by Gasteiger charge is -2.48. The molecular formula is C65H71FN12O9S. The molecule has 7 aliphatic rings. The maximum atomic E-state index is 16.0. The number of pyridine rings is 1. The fourth-order valence-electron chi connectivity index (χ4n) is 14.1. The Balaban J connectivity index is 0.716. The van der Waals surface area contributed by atoms with Gasteiger partial charge in [-0.25, -0.2) is 22.8 Å². The van der Waals surface area contributed by atoms with Gasteiger partial charge < -0.3 is 34.8 Å². The Kier molecular flexibility index (Phi) is 15.1. The minimum atomic E-state index is -3.98. The number of nitrogens with one attached hydrogen (secondary N) is 3. The smallest absolute Gasteiger partial charge is 0.262 e. The van der Waals surface area contributed by atoms with Gasteiger partial charge in [0.1, 0.15) is 17.4 Å². The van der Waals surface area contributed by atoms with Crippen molar-refractivity contribution in [3.63, 3.8) is 0 Å². The molecule has 4 aromatic carbocycles. The van der Waals surface area contributed by atoms with Crippen molar-refractivity contribution in [1.82, 2.24) is 44.2 Å². The summed E-state index contributed by atoms with van der Waals surface area (Å²) in [4.78, 5) is 113. The van der Waals surface area contributed by atoms with Crippen LogP contribution in [0.25, 0.3) is 22.3 Å². The van der Waals surface area contributed by atoms with E-state index in [0.717, 1.165) is 47.6 Å². The highest BCUT2D eigenvalue weighted by Gasteiger charge is 2.56. The van der Waals surface area contributed by atoms with Crippen LogP contribution in [-0.2, 0) is 29.8 Å². The van der Waals surface area contributed by atoms with E-state index < -0.39 is 50.9 Å². The second kappa shape index (κ2) is 22.6. The van der Waals surface area contributed by atoms with Gasteiger partial charge in [-0.15, -0.1) is 0 Å². The van der Waals surface area contributed by atoms with Crippen molar-refractivity contribution in [3.8, 4) is 11.3 Å². The zero-order valence-electron chi connectivity index (χ0n) is 50.0. The summed E-state index contributed by atoms with van der Waals surface area (Å²) in [6.07, 6.45) is 7.81. The Labute approximate surface area is 509 Å². The number of halogens is 1. The number of hydrogen-bond acceptors (Lipinski definition) is 14. The second-order valence-corrected chi connectivity index (χ2v) is 27.1. The number of nitrogens with zero attached hydrogens (tertiary/aromatic N) is 9. The Morgan fingerprint density at radius 3 is 2.18 bits per heavy atom. The quantitative estimate of drug-likeness (QED) is 0.0952. The molecule has 6 aliphatic heterocycles. The molecule has 21 nitrogen and oxygen atoms in total. The number of piperazine rings is 1. The minimum Gasteiger partial charge on any atom is -0.369 e. The molecule has 23 heteroatoms. The molecule has 1 aliphatic carbocycles. The average Bonchev–Trinajstić information content (AvgIpc) is 1.57. The summed E-state index contributed by atoms with van der Waals surface area (Å²) >= 11 is 0. The van der Waals surface area contributed by atoms with E-state index in [-0.39, 0.29) is 96.6 Å². The summed E-state index contributed by atoms with van der Waals surface area (Å²) in [5, 5.41) is 8.37. The van der Waals surface area contributed by atoms with E-state index in [1.54, 1.807) is 30.3 Å². The van der Waals surface area contributed by atoms with E-state index in [1.807, 2.05) is 66.3 Å². The van der Waals surface area contributed by atoms with Gasteiger partial charge in [-0.3, -0.25) is 43.8 Å². The number of carbonyl (C=O) groups is 7. The lowest BCUT2D eigenvalue weighted by atomic mass is 9.73. The van der Waals surface area contributed by atoms with Crippen LogP contribution in [0.15, 0.2) is 90.1 Å². The van der Waals surface area contributed by atoms with Crippen LogP contribution in [0.5, 0.6) is 0 Å². The first-order valence-corrected chi connectivity index (χ1v) is 32.1. The maximum Gasteiger partial charge on any atom is 0.262 e. The summed E-state index contributed by atoms with van der Waals surface area (Å²) < 4.78 is 47.5. The van der Waals surface area contributed by atoms with Crippen molar-refractivity contribution in [2.45, 2.75) is 133 Å². The van der Waals surface area contributed by atoms with E-state index in [9.17, 15) is 37.2 Å². The lowest BCUT2D eigenvalue weighted by molar-refractivity contribution is -0.136. The van der Waals surface area contributed by atoms with Crippen molar-refractivity contribution < 1.29 is 46.4 Å². The first-order chi connectivity index (χ1) is 42.2. The predicted octanol–water partition coefficient (Wildman–Crippen LogP) is 7.46. The van der Waals surface area contributed by atoms with Gasteiger partial charge in [-0.1, -0.05) is 18.6 Å². The number of imidazole rings is 1. The summed E-state index contributed by atoms with van der Waals surface area (Å²) in [5.41, 5.74) is 5.55. The van der Waals surface area contributed by atoms with Crippen molar-refractivity contribution in [1.29, 1.82) is 0 Å². The van der Waals surface area contributed by atoms with Gasteiger partial charge in [0.25, 0.3) is 23.6 Å². The highest BCUT2D eigenvalue weighted by atomic mass is 32.2. The van der Waals surface area contributed by atoms with Gasteiger partial charge in [-0.2, -0.15) is 4.31 Å². The zero-order valence-corrected chi connectivity index (χ0v) is 50.8. The van der Waals surface area contributed by atoms with Crippen LogP contribution in [0.3, 0.4) is 0 Å². The first kappa shape index (κ1) is 58.6. The lowest BCUT2D eigenvalue weighted by Crippen LogP contribution is -2.58. The molecule has 1 spiro atoms. The number of piperidine rings is 3. The van der Waals surface area contributed by atoms with Crippen LogP contribution in [0.1, 0.15) is 144 Å². The molecule has 458 valence electrons. The molecular weight excluding hydrogens is 1140 g/mol. The number of sulfonamides is 1. The molecule has 7 amide bonds. The van der Waals surface area contributed by atoms with E-state index >= 15 is 9.18 Å². The number of aromatic nitrogens is 3. The molecule has 0 bridgehead atoms. The second-order valence-electron chi connectivity index (χ2n) is 25.1. The minimum absolute atomic E-state index is 0.00914. The predicted molar refractivity (Wildman–Crippen MR) is 327 cm³/mol. The molecule has 5 fully saturated rings. The number of aryl methyl sites for hydroxylation is 1. The topological polar surface area (TPSA) is 240 Å². The number of amides is 7. The number of anilines is 4. The number of likely N-dealkylation sites (tertiary alicyclic amines) is 2. The highest BCUT2D eigenvalue weighted by molar-refractivity contribution is 7.89. The summed E-state index contributed by atoms with van der Waals surface area (Å²) in [7, 11) is -3.98. The number of rotatable bonds is 13. The first-order valence-electron chi connectivity index (χ1n) is 30.7. The summed E-state index contributed by atoms with van der Waals surface area (Å²) in [5.74, 6) is -3.13. The van der Waals surface area contributed by atoms with Gasteiger partial charge in [0.2, 0.25) is 27.7 Å². The highest BCUT2D eigenvalue weighted by Crippen LogP contribution is 2.52. The number of fused-ring (bicyclic) bond motifs is 4. The monoisotopic (exact) mass is 1210 g/mol. The average molecular weight is 1220 g/mol. The molecule has 1 saturated carbocycles. The number of benzene rings is 4. The van der Waals surface area contributed by atoms with Gasteiger partial charge in [0, 0.05) is 97.9 Å². The third-order valence-corrected chi connectivity index (χ3v) is 21.0. The summed E-state index contributed by atoms with van der Waals surface area (Å²) in [6, 6.07) is 20.7. The van der Waals surface area contributed by atoms with Gasteiger partial charge >= 0.3 is 0 Å². The molecule has 8 heterocycles. The fraction of sp³-hybridized carbons (Fsp3) is 0.431. The molecule has 1 atom stereocenters. The van der Waals surface area contributed by atoms with E-state index in [2.05, 4.69) is 20.9 Å². The maximum absolute atomic E-state index is 16.0. The van der Waals surface area contributed by atoms with Gasteiger partial charge in [0.05, 0.1) is 44.7 Å². The summed E-state index contributed by atoms with van der Waals surface area (Å²) in [6.45, 7) is 13.0. The Morgan fingerprint density at radius 1 is 0.773 bits per heavy atom. The van der Waals surface area contributed by atoms with Crippen molar-refractivity contribution in [2.75, 3.05) is 67.5 Å². The Morgan fingerprint density at radius 2 is 1.49 bits per heavy atom. The third kappa shape index (κ3) is 10.2. The van der Waals surface area contributed by atoms with Crippen molar-refractivity contribution in [3.05, 3.63) is 124 Å². The Bertz CT molecular complexity index is 4010. The van der Waals surface area contributed by atoms with Gasteiger partial charge in [-0.05, 0) is 171 Å². The molecule has 4 saturated heterocycles. The van der Waals surface area contributed by atoms with Gasteiger partial charge in [0.15, 0.2) is 5.82 Å². The van der Waals surface area contributed by atoms with E-state index in [1.165, 1.54) is 66.0 Å². The number of hydrogen-bond donors (Lipinski definition) is 3. The molecule has 1 unspecified atom stereocenters. The number of carbonyl (C=O) groups excluding carboxylic acids is 7. The van der Waals surface area contributed by atoms with Crippen LogP contribution in [0.2, 0.25) is 0 Å². The molecule has 2 aromatic heterocycles. The van der Waals surface area contributed by atoms with Crippen molar-refractivity contribution >= 4 is 85.3 Å². The Hall–Kier alpha value is -8.41. The van der Waals surface area contributed by atoms with Crippen LogP contribution in [-0.4, -0.2) is 160 Å². The van der Waals surface area contributed by atoms with E-state index in [0.29, 0.717) is 76.9 Å². The van der Waals surface area contributed by atoms with Crippen LogP contribution < -0.4 is 25.8 Å². The zero-order chi connectivity index (χ0) is 61.7. The van der Waals surface area contributed by atoms with E-state index in [4.69, 9.17) is 9.97 Å². The third-order valence-electron chi connectivity index (χ3n) is 19.1. The largest absolute Gasteiger partial charge is 0.369 e. The normalized spacial score (nSPS) is 21.6. The molecule has 6 aromatic rings. The van der Waals surface area contributed by atoms with Crippen LogP contribution >= 0.6 is 0 Å². The molecule has 0 radical (unpaired) electrons. The molecule has 13 rings (SSSR count). The van der Waals surface area contributed by atoms with Crippen LogP contribution in [0.4, 0.5) is 27.3 Å². The SMILES string of the molecule is Cc1cc(F)c(Nc2nc(-c3ccc4c(c3)N(C3CC(N5CCCCC5)C3)C(=O)C43CCN(C(=O)c4ccc(S(=O)(=O)N5CCN(c6ccc7c(c6)C(=O)N(C6CCC(=O)NC6=O)C7=O)CC5)cc4)CC3)cc3ncn(C(C)C)c23)cc1C(=O)NC(C)C. The number of imide groups is 2.